The van der Waals surface area contributed by atoms with Gasteiger partial charge >= 0.3 is 0 Å². The maximum absolute atomic E-state index is 12.4. The van der Waals surface area contributed by atoms with Crippen LogP contribution in [0.15, 0.2) is 59.2 Å². The van der Waals surface area contributed by atoms with E-state index in [9.17, 15) is 14.9 Å². The highest BCUT2D eigenvalue weighted by molar-refractivity contribution is 5.91. The Labute approximate surface area is 192 Å². The van der Waals surface area contributed by atoms with E-state index in [1.165, 1.54) is 6.26 Å². The molecule has 2 aromatic carbocycles. The third kappa shape index (κ3) is 6.03. The molecule has 0 unspecified atom stereocenters. The molecule has 1 aliphatic heterocycles. The molecule has 2 heterocycles. The van der Waals surface area contributed by atoms with Gasteiger partial charge in [0, 0.05) is 50.9 Å². The summed E-state index contributed by atoms with van der Waals surface area (Å²) in [6, 6.07) is 14.8. The normalized spacial score (nSPS) is 14.8. The van der Waals surface area contributed by atoms with Crippen molar-refractivity contribution < 1.29 is 14.1 Å². The minimum Gasteiger partial charge on any atom is -0.447 e. The number of rotatable bonds is 8. The van der Waals surface area contributed by atoms with Gasteiger partial charge in [-0.2, -0.15) is 0 Å². The molecule has 0 aliphatic carbocycles. The summed E-state index contributed by atoms with van der Waals surface area (Å²) in [7, 11) is 0. The molecule has 1 saturated heterocycles. The summed E-state index contributed by atoms with van der Waals surface area (Å²) < 4.78 is 5.52. The average molecular weight is 450 g/mol. The molecular formula is C24H27N5O4. The van der Waals surface area contributed by atoms with E-state index in [-0.39, 0.29) is 22.2 Å². The first kappa shape index (κ1) is 22.6. The van der Waals surface area contributed by atoms with Gasteiger partial charge in [-0.1, -0.05) is 48.0 Å². The number of piperazine rings is 1. The van der Waals surface area contributed by atoms with E-state index in [1.54, 1.807) is 12.1 Å². The minimum absolute atomic E-state index is 0.160. The Morgan fingerprint density at radius 3 is 2.55 bits per heavy atom. The Kier molecular flexibility index (Phi) is 7.11. The van der Waals surface area contributed by atoms with E-state index in [2.05, 4.69) is 20.1 Å². The summed E-state index contributed by atoms with van der Waals surface area (Å²) in [6.45, 7) is 6.67. The average Bonchev–Trinajstić information content (AvgIpc) is 3.28. The number of para-hydroxylation sites is 1. The highest BCUT2D eigenvalue weighted by Gasteiger charge is 2.22. The zero-order valence-corrected chi connectivity index (χ0v) is 18.6. The SMILES string of the molecule is Cc1cccc(CNC(=O)c2coc(CN3CCN(Cc4ccccc4[N+](=O)[O-])CC3)n2)c1. The molecule has 9 heteroatoms. The molecular weight excluding hydrogens is 422 g/mol. The van der Waals surface area contributed by atoms with Gasteiger partial charge in [0.15, 0.2) is 5.69 Å². The van der Waals surface area contributed by atoms with Crippen LogP contribution in [0.25, 0.3) is 0 Å². The Morgan fingerprint density at radius 1 is 1.09 bits per heavy atom. The zero-order chi connectivity index (χ0) is 23.2. The van der Waals surface area contributed by atoms with Crippen LogP contribution < -0.4 is 5.32 Å². The van der Waals surface area contributed by atoms with Crippen LogP contribution in [0, 0.1) is 17.0 Å². The summed E-state index contributed by atoms with van der Waals surface area (Å²) >= 11 is 0. The van der Waals surface area contributed by atoms with E-state index >= 15 is 0 Å². The van der Waals surface area contributed by atoms with Gasteiger partial charge in [-0.05, 0) is 12.5 Å². The number of benzene rings is 2. The van der Waals surface area contributed by atoms with Gasteiger partial charge in [-0.3, -0.25) is 24.7 Å². The molecule has 1 aliphatic rings. The van der Waals surface area contributed by atoms with E-state index in [4.69, 9.17) is 4.42 Å². The van der Waals surface area contributed by atoms with Crippen LogP contribution in [0.3, 0.4) is 0 Å². The van der Waals surface area contributed by atoms with E-state index in [1.807, 2.05) is 43.3 Å². The summed E-state index contributed by atoms with van der Waals surface area (Å²) in [5, 5.41) is 14.1. The van der Waals surface area contributed by atoms with E-state index < -0.39 is 0 Å². The van der Waals surface area contributed by atoms with Gasteiger partial charge in [0.1, 0.15) is 6.26 Å². The quantitative estimate of drug-likeness (QED) is 0.416. The second-order valence-electron chi connectivity index (χ2n) is 8.24. The number of aryl methyl sites for hydroxylation is 1. The number of carbonyl (C=O) groups is 1. The predicted molar refractivity (Wildman–Crippen MR) is 123 cm³/mol. The molecule has 1 amide bonds. The molecule has 3 aromatic rings. The van der Waals surface area contributed by atoms with Gasteiger partial charge in [0.25, 0.3) is 11.6 Å². The van der Waals surface area contributed by atoms with Crippen LogP contribution in [0.4, 0.5) is 5.69 Å². The fraction of sp³-hybridized carbons (Fsp3) is 0.333. The van der Waals surface area contributed by atoms with Crippen LogP contribution >= 0.6 is 0 Å². The van der Waals surface area contributed by atoms with Crippen molar-refractivity contribution in [3.63, 3.8) is 0 Å². The predicted octanol–water partition coefficient (Wildman–Crippen LogP) is 3.14. The first-order chi connectivity index (χ1) is 16.0. The minimum atomic E-state index is -0.331. The molecule has 0 saturated carbocycles. The number of nitrogens with one attached hydrogen (secondary N) is 1. The molecule has 0 radical (unpaired) electrons. The first-order valence-electron chi connectivity index (χ1n) is 10.9. The third-order valence-corrected chi connectivity index (χ3v) is 5.73. The van der Waals surface area contributed by atoms with Gasteiger partial charge in [0.05, 0.1) is 11.5 Å². The molecule has 0 atom stereocenters. The number of amides is 1. The van der Waals surface area contributed by atoms with Gasteiger partial charge in [-0.25, -0.2) is 4.98 Å². The van der Waals surface area contributed by atoms with Crippen molar-refractivity contribution in [1.82, 2.24) is 20.1 Å². The summed E-state index contributed by atoms with van der Waals surface area (Å²) in [4.78, 5) is 32.1. The molecule has 1 N–H and O–H groups in total. The lowest BCUT2D eigenvalue weighted by Gasteiger charge is -2.33. The van der Waals surface area contributed by atoms with E-state index in [0.717, 1.165) is 42.9 Å². The van der Waals surface area contributed by atoms with E-state index in [0.29, 0.717) is 25.5 Å². The molecule has 1 fully saturated rings. The van der Waals surface area contributed by atoms with Crippen LogP contribution in [0.5, 0.6) is 0 Å². The van der Waals surface area contributed by atoms with Crippen LogP contribution in [0.1, 0.15) is 33.1 Å². The van der Waals surface area contributed by atoms with Crippen molar-refractivity contribution in [3.8, 4) is 0 Å². The Hall–Kier alpha value is -3.56. The Morgan fingerprint density at radius 2 is 1.82 bits per heavy atom. The van der Waals surface area contributed by atoms with Crippen LogP contribution in [-0.4, -0.2) is 51.8 Å². The Balaban J connectivity index is 1.25. The fourth-order valence-electron chi connectivity index (χ4n) is 3.94. The van der Waals surface area contributed by atoms with Crippen LogP contribution in [-0.2, 0) is 19.6 Å². The number of nitro benzene ring substituents is 1. The number of carbonyl (C=O) groups excluding carboxylic acids is 1. The smallest absolute Gasteiger partial charge is 0.273 e. The highest BCUT2D eigenvalue weighted by atomic mass is 16.6. The number of hydrogen-bond donors (Lipinski definition) is 1. The second-order valence-corrected chi connectivity index (χ2v) is 8.24. The third-order valence-electron chi connectivity index (χ3n) is 5.73. The molecule has 33 heavy (non-hydrogen) atoms. The van der Waals surface area contributed by atoms with Crippen molar-refractivity contribution in [2.75, 3.05) is 26.2 Å². The number of nitrogens with zero attached hydrogens (tertiary/aromatic N) is 4. The number of oxazole rings is 1. The van der Waals surface area contributed by atoms with Gasteiger partial charge < -0.3 is 9.73 Å². The maximum atomic E-state index is 12.4. The molecule has 0 bridgehead atoms. The van der Waals surface area contributed by atoms with Crippen molar-refractivity contribution >= 4 is 11.6 Å². The zero-order valence-electron chi connectivity index (χ0n) is 18.6. The molecule has 1 aromatic heterocycles. The first-order valence-corrected chi connectivity index (χ1v) is 10.9. The van der Waals surface area contributed by atoms with Crippen molar-refractivity contribution in [1.29, 1.82) is 0 Å². The molecule has 172 valence electrons. The van der Waals surface area contributed by atoms with Crippen molar-refractivity contribution in [3.05, 3.63) is 93.2 Å². The number of nitro groups is 1. The lowest BCUT2D eigenvalue weighted by Crippen LogP contribution is -2.45. The molecule has 4 rings (SSSR count). The fourth-order valence-corrected chi connectivity index (χ4v) is 3.94. The highest BCUT2D eigenvalue weighted by Crippen LogP contribution is 2.20. The Bertz CT molecular complexity index is 1120. The maximum Gasteiger partial charge on any atom is 0.273 e. The summed E-state index contributed by atoms with van der Waals surface area (Å²) in [5.41, 5.74) is 3.34. The molecule has 9 nitrogen and oxygen atoms in total. The number of hydrogen-bond acceptors (Lipinski definition) is 7. The van der Waals surface area contributed by atoms with Gasteiger partial charge in [-0.15, -0.1) is 0 Å². The summed E-state index contributed by atoms with van der Waals surface area (Å²) in [6.07, 6.45) is 1.39. The summed E-state index contributed by atoms with van der Waals surface area (Å²) in [5.74, 6) is 0.239. The van der Waals surface area contributed by atoms with Gasteiger partial charge in [0.2, 0.25) is 5.89 Å². The number of aromatic nitrogens is 1. The topological polar surface area (TPSA) is 105 Å². The van der Waals surface area contributed by atoms with Crippen LogP contribution in [0.2, 0.25) is 0 Å². The lowest BCUT2D eigenvalue weighted by atomic mass is 10.1. The largest absolute Gasteiger partial charge is 0.447 e. The monoisotopic (exact) mass is 449 g/mol. The second kappa shape index (κ2) is 10.4. The van der Waals surface area contributed by atoms with Crippen molar-refractivity contribution in [2.45, 2.75) is 26.6 Å². The standard InChI is InChI=1S/C24H27N5O4/c1-18-5-4-6-19(13-18)14-25-24(30)21-17-33-23(26-21)16-28-11-9-27(10-12-28)15-20-7-2-3-8-22(20)29(31)32/h2-8,13,17H,9-12,14-16H2,1H3,(H,25,30). The lowest BCUT2D eigenvalue weighted by molar-refractivity contribution is -0.385. The molecule has 0 spiro atoms. The van der Waals surface area contributed by atoms with Crippen molar-refractivity contribution in [2.24, 2.45) is 0 Å².